The summed E-state index contributed by atoms with van der Waals surface area (Å²) in [5, 5.41) is 12.0. The van der Waals surface area contributed by atoms with E-state index in [0.29, 0.717) is 16.1 Å². The van der Waals surface area contributed by atoms with Gasteiger partial charge in [-0.1, -0.05) is 35.2 Å². The number of nitrogens with one attached hydrogen (secondary N) is 1. The number of methoxy groups -OCH3 is 1. The Bertz CT molecular complexity index is 2040. The van der Waals surface area contributed by atoms with Gasteiger partial charge < -0.3 is 19.9 Å². The molecule has 0 spiro atoms. The summed E-state index contributed by atoms with van der Waals surface area (Å²) in [6.07, 6.45) is -4.72. The van der Waals surface area contributed by atoms with Gasteiger partial charge in [0.05, 0.1) is 41.5 Å². The molecule has 6 rings (SSSR count). The molecule has 3 unspecified atom stereocenters. The molecule has 3 aromatic carbocycles. The molecule has 0 radical (unpaired) electrons. The average molecular weight is 714 g/mol. The van der Waals surface area contributed by atoms with Crippen LogP contribution in [0.5, 0.6) is 11.5 Å². The van der Waals surface area contributed by atoms with Gasteiger partial charge in [-0.15, -0.1) is 0 Å². The number of hydrogen-bond donors (Lipinski definition) is 2. The van der Waals surface area contributed by atoms with Gasteiger partial charge in [0, 0.05) is 16.5 Å². The first-order chi connectivity index (χ1) is 23.3. The fourth-order valence-electron chi connectivity index (χ4n) is 5.83. The Labute approximate surface area is 284 Å². The van der Waals surface area contributed by atoms with E-state index in [1.807, 2.05) is 0 Å². The zero-order valence-corrected chi connectivity index (χ0v) is 27.3. The number of phenolic OH excluding ortho intramolecular Hbond substituents is 1. The third-order valence-electron chi connectivity index (χ3n) is 8.03. The van der Waals surface area contributed by atoms with Crippen molar-refractivity contribution < 1.29 is 46.9 Å². The van der Waals surface area contributed by atoms with Gasteiger partial charge in [-0.25, -0.2) is 9.69 Å². The van der Waals surface area contributed by atoms with Crippen molar-refractivity contribution in [3.63, 3.8) is 0 Å². The highest BCUT2D eigenvalue weighted by Crippen LogP contribution is 2.54. The number of phenols is 1. The number of halogens is 3. The van der Waals surface area contributed by atoms with Crippen molar-refractivity contribution in [3.05, 3.63) is 98.0 Å². The zero-order valence-electron chi connectivity index (χ0n) is 25.6. The van der Waals surface area contributed by atoms with Crippen LogP contribution in [0, 0.1) is 5.92 Å². The number of thiazole rings is 1. The number of imide groups is 1. The van der Waals surface area contributed by atoms with Crippen LogP contribution in [0.1, 0.15) is 39.2 Å². The van der Waals surface area contributed by atoms with Crippen LogP contribution in [0.4, 0.5) is 24.5 Å². The average Bonchev–Trinajstić information content (AvgIpc) is 3.51. The number of thioether (sulfide) groups is 1. The fraction of sp³-hybridized carbons (Fsp3) is 0.242. The number of rotatable bonds is 8. The number of amides is 3. The standard InChI is InChI=1S/C33H26F3N3O8S2/c1-3-47-31(44)16-7-10-19(11-8-16)37-23(41)15-38-30-27(49-32(38)45)24(17-9-12-21(40)22(13-17)46-2)25-26(48-30)29(43)39(28(25)42)20-6-4-5-18(14-20)33(34,35)36/h4-14,24-26,40H,3,15H2,1-2H3,(H,37,41). The highest BCUT2D eigenvalue weighted by molar-refractivity contribution is 8.00. The Morgan fingerprint density at radius 3 is 2.41 bits per heavy atom. The monoisotopic (exact) mass is 713 g/mol. The number of anilines is 2. The number of benzene rings is 3. The Hall–Kier alpha value is -5.09. The topological polar surface area (TPSA) is 144 Å². The predicted octanol–water partition coefficient (Wildman–Crippen LogP) is 5.25. The van der Waals surface area contributed by atoms with Crippen LogP contribution in [0.2, 0.25) is 0 Å². The van der Waals surface area contributed by atoms with E-state index in [-0.39, 0.29) is 34.4 Å². The first-order valence-electron chi connectivity index (χ1n) is 14.7. The minimum atomic E-state index is -4.72. The maximum Gasteiger partial charge on any atom is 0.416 e. The number of aromatic nitrogens is 1. The van der Waals surface area contributed by atoms with Gasteiger partial charge in [0.1, 0.15) is 11.8 Å². The number of carbonyl (C=O) groups excluding carboxylic acids is 4. The Kier molecular flexibility index (Phi) is 9.02. The van der Waals surface area contributed by atoms with Gasteiger partial charge in [-0.05, 0) is 67.1 Å². The van der Waals surface area contributed by atoms with Gasteiger partial charge in [0.2, 0.25) is 17.7 Å². The molecule has 16 heteroatoms. The molecule has 3 atom stereocenters. The third-order valence-corrected chi connectivity index (χ3v) is 10.6. The van der Waals surface area contributed by atoms with Gasteiger partial charge in [-0.3, -0.25) is 23.7 Å². The Balaban J connectivity index is 1.37. The number of hydrogen-bond acceptors (Lipinski definition) is 10. The van der Waals surface area contributed by atoms with Gasteiger partial charge >= 0.3 is 17.0 Å². The molecule has 2 aliphatic heterocycles. The number of ether oxygens (including phenoxy) is 2. The number of alkyl halides is 3. The number of fused-ring (bicyclic) bond motifs is 2. The SMILES string of the molecule is CCOC(=O)c1ccc(NC(=O)Cn2c3c(sc2=O)C(c2ccc(O)c(OC)c2)C2C(=O)N(c4cccc(C(F)(F)F)c4)C(=O)C2S3)cc1. The molecule has 0 aliphatic carbocycles. The van der Waals surface area contributed by atoms with Crippen molar-refractivity contribution in [2.45, 2.75) is 35.8 Å². The van der Waals surface area contributed by atoms with Gasteiger partial charge in [0.25, 0.3) is 0 Å². The second-order valence-corrected chi connectivity index (χ2v) is 13.1. The molecule has 1 aromatic heterocycles. The number of carbonyl (C=O) groups is 4. The number of aromatic hydroxyl groups is 1. The summed E-state index contributed by atoms with van der Waals surface area (Å²) in [6, 6.07) is 14.1. The molecular weight excluding hydrogens is 688 g/mol. The maximum atomic E-state index is 14.1. The van der Waals surface area contributed by atoms with E-state index in [4.69, 9.17) is 9.47 Å². The van der Waals surface area contributed by atoms with E-state index in [9.17, 15) is 42.3 Å². The van der Waals surface area contributed by atoms with Crippen molar-refractivity contribution in [1.29, 1.82) is 0 Å². The molecule has 0 bridgehead atoms. The lowest BCUT2D eigenvalue weighted by atomic mass is 9.83. The summed E-state index contributed by atoms with van der Waals surface area (Å²) >= 11 is 1.66. The van der Waals surface area contributed by atoms with Crippen molar-refractivity contribution in [2.24, 2.45) is 5.92 Å². The third kappa shape index (κ3) is 6.28. The largest absolute Gasteiger partial charge is 0.504 e. The van der Waals surface area contributed by atoms with E-state index < -0.39 is 63.9 Å². The second-order valence-electron chi connectivity index (χ2n) is 11.0. The smallest absolute Gasteiger partial charge is 0.416 e. The molecule has 3 amide bonds. The van der Waals surface area contributed by atoms with Gasteiger partial charge in [0.15, 0.2) is 11.5 Å². The van der Waals surface area contributed by atoms with Crippen LogP contribution in [0.15, 0.2) is 76.6 Å². The van der Waals surface area contributed by atoms with Crippen molar-refractivity contribution >= 4 is 58.2 Å². The Morgan fingerprint density at radius 1 is 1.00 bits per heavy atom. The van der Waals surface area contributed by atoms with E-state index in [0.717, 1.165) is 46.2 Å². The normalized spacial score (nSPS) is 18.6. The highest BCUT2D eigenvalue weighted by atomic mass is 32.2. The van der Waals surface area contributed by atoms with Gasteiger partial charge in [-0.2, -0.15) is 13.2 Å². The van der Waals surface area contributed by atoms with Crippen LogP contribution in [0.25, 0.3) is 0 Å². The summed E-state index contributed by atoms with van der Waals surface area (Å²) in [5.41, 5.74) is -0.276. The number of esters is 1. The van der Waals surface area contributed by atoms with E-state index in [1.165, 1.54) is 60.2 Å². The molecule has 0 saturated carbocycles. The minimum absolute atomic E-state index is 0.0560. The first kappa shape index (κ1) is 33.8. The van der Waals surface area contributed by atoms with Crippen LogP contribution in [-0.4, -0.2) is 52.3 Å². The quantitative estimate of drug-likeness (QED) is 0.185. The molecule has 1 saturated heterocycles. The molecular formula is C33H26F3N3O8S2. The predicted molar refractivity (Wildman–Crippen MR) is 173 cm³/mol. The zero-order chi connectivity index (χ0) is 35.2. The van der Waals surface area contributed by atoms with E-state index in [2.05, 4.69) is 5.32 Å². The molecule has 254 valence electrons. The van der Waals surface area contributed by atoms with Crippen LogP contribution < -0.4 is 19.8 Å². The molecule has 49 heavy (non-hydrogen) atoms. The fourth-order valence-corrected chi connectivity index (χ4v) is 8.60. The van der Waals surface area contributed by atoms with Crippen LogP contribution in [-0.2, 0) is 31.8 Å². The minimum Gasteiger partial charge on any atom is -0.504 e. The van der Waals surface area contributed by atoms with Crippen LogP contribution >= 0.6 is 23.1 Å². The lowest BCUT2D eigenvalue weighted by Gasteiger charge is -2.31. The molecule has 2 N–H and O–H groups in total. The van der Waals surface area contributed by atoms with Crippen molar-refractivity contribution in [2.75, 3.05) is 23.9 Å². The Morgan fingerprint density at radius 2 is 1.73 bits per heavy atom. The number of nitrogens with zero attached hydrogens (tertiary/aromatic N) is 2. The molecule has 11 nitrogen and oxygen atoms in total. The summed E-state index contributed by atoms with van der Waals surface area (Å²) < 4.78 is 52.1. The van der Waals surface area contributed by atoms with E-state index in [1.54, 1.807) is 6.92 Å². The van der Waals surface area contributed by atoms with Crippen molar-refractivity contribution in [1.82, 2.24) is 4.57 Å². The highest BCUT2D eigenvalue weighted by Gasteiger charge is 2.57. The maximum absolute atomic E-state index is 14.1. The van der Waals surface area contributed by atoms with Crippen molar-refractivity contribution in [3.8, 4) is 11.5 Å². The first-order valence-corrected chi connectivity index (χ1v) is 16.4. The lowest BCUT2D eigenvalue weighted by molar-refractivity contribution is -0.137. The summed E-state index contributed by atoms with van der Waals surface area (Å²) in [4.78, 5) is 67.1. The summed E-state index contributed by atoms with van der Waals surface area (Å²) in [5.74, 6) is -4.92. The molecule has 1 fully saturated rings. The summed E-state index contributed by atoms with van der Waals surface area (Å²) in [7, 11) is 1.32. The van der Waals surface area contributed by atoms with Crippen LogP contribution in [0.3, 0.4) is 0 Å². The molecule has 2 aliphatic rings. The molecule has 3 heterocycles. The lowest BCUT2D eigenvalue weighted by Crippen LogP contribution is -2.33. The molecule has 4 aromatic rings. The second kappa shape index (κ2) is 13.1. The van der Waals surface area contributed by atoms with E-state index >= 15 is 0 Å². The summed E-state index contributed by atoms with van der Waals surface area (Å²) in [6.45, 7) is 1.40.